The van der Waals surface area contributed by atoms with Crippen molar-refractivity contribution in [1.29, 1.82) is 0 Å². The first-order valence-electron chi connectivity index (χ1n) is 6.20. The molecule has 0 saturated carbocycles. The maximum Gasteiger partial charge on any atom is 0.340 e. The number of carbonyl (C=O) groups excluding carboxylic acids is 2. The van der Waals surface area contributed by atoms with Crippen molar-refractivity contribution in [3.05, 3.63) is 29.3 Å². The highest BCUT2D eigenvalue weighted by molar-refractivity contribution is 5.96. The van der Waals surface area contributed by atoms with Crippen LogP contribution in [-0.2, 0) is 9.53 Å². The number of esters is 1. The average molecular weight is 264 g/mol. The molecule has 0 heterocycles. The summed E-state index contributed by atoms with van der Waals surface area (Å²) in [6.07, 6.45) is 0. The van der Waals surface area contributed by atoms with Gasteiger partial charge in [-0.25, -0.2) is 4.79 Å². The molecule has 0 saturated heterocycles. The zero-order valence-electron chi connectivity index (χ0n) is 11.5. The van der Waals surface area contributed by atoms with Crippen LogP contribution in [0, 0.1) is 12.8 Å². The number of anilines is 1. The van der Waals surface area contributed by atoms with Crippen molar-refractivity contribution in [2.75, 3.05) is 18.9 Å². The van der Waals surface area contributed by atoms with Gasteiger partial charge in [0.25, 0.3) is 5.91 Å². The van der Waals surface area contributed by atoms with Gasteiger partial charge in [0.2, 0.25) is 0 Å². The second-order valence-electron chi connectivity index (χ2n) is 4.86. The summed E-state index contributed by atoms with van der Waals surface area (Å²) in [5.74, 6) is -0.541. The van der Waals surface area contributed by atoms with Gasteiger partial charge in [-0.3, -0.25) is 4.79 Å². The molecule has 5 heteroatoms. The quantitative estimate of drug-likeness (QED) is 0.624. The minimum Gasteiger partial charge on any atom is -0.452 e. The highest BCUT2D eigenvalue weighted by Crippen LogP contribution is 2.14. The van der Waals surface area contributed by atoms with Crippen molar-refractivity contribution in [3.63, 3.8) is 0 Å². The number of nitrogens with one attached hydrogen (secondary N) is 1. The second-order valence-corrected chi connectivity index (χ2v) is 4.86. The molecule has 0 aliphatic rings. The fourth-order valence-electron chi connectivity index (χ4n) is 1.42. The number of benzene rings is 1. The Hall–Kier alpha value is -2.04. The van der Waals surface area contributed by atoms with Crippen LogP contribution in [0.3, 0.4) is 0 Å². The number of ether oxygens (including phenoxy) is 1. The largest absolute Gasteiger partial charge is 0.452 e. The Morgan fingerprint density at radius 3 is 2.68 bits per heavy atom. The van der Waals surface area contributed by atoms with Gasteiger partial charge in [0.15, 0.2) is 6.61 Å². The lowest BCUT2D eigenvalue weighted by Crippen LogP contribution is -2.31. The topological polar surface area (TPSA) is 81.4 Å². The summed E-state index contributed by atoms with van der Waals surface area (Å²) >= 11 is 0. The first kappa shape index (κ1) is 15.0. The van der Waals surface area contributed by atoms with Crippen molar-refractivity contribution in [2.45, 2.75) is 20.8 Å². The zero-order chi connectivity index (χ0) is 14.4. The molecule has 0 aromatic heterocycles. The molecule has 19 heavy (non-hydrogen) atoms. The molecule has 0 unspecified atom stereocenters. The molecule has 0 spiro atoms. The Morgan fingerprint density at radius 1 is 1.37 bits per heavy atom. The molecule has 0 fully saturated rings. The highest BCUT2D eigenvalue weighted by Gasteiger charge is 2.13. The molecule has 3 N–H and O–H groups in total. The Kier molecular flexibility index (Phi) is 5.36. The number of carbonyl (C=O) groups is 2. The van der Waals surface area contributed by atoms with Crippen molar-refractivity contribution in [1.82, 2.24) is 5.32 Å². The van der Waals surface area contributed by atoms with Crippen LogP contribution in [0.5, 0.6) is 0 Å². The normalized spacial score (nSPS) is 10.3. The number of nitrogen functional groups attached to an aromatic ring is 1. The van der Waals surface area contributed by atoms with Gasteiger partial charge in [0.1, 0.15) is 0 Å². The first-order valence-corrected chi connectivity index (χ1v) is 6.20. The standard InChI is InChI=1S/C14H20N2O3/c1-9(2)7-16-13(17)8-19-14(18)11-6-10(3)4-5-12(11)15/h4-6,9H,7-8,15H2,1-3H3,(H,16,17). The lowest BCUT2D eigenvalue weighted by Gasteiger charge is -2.09. The molecule has 0 atom stereocenters. The lowest BCUT2D eigenvalue weighted by atomic mass is 10.1. The fraction of sp³-hybridized carbons (Fsp3) is 0.429. The predicted octanol–water partition coefficient (Wildman–Crippen LogP) is 1.51. The average Bonchev–Trinajstić information content (AvgIpc) is 2.36. The minimum absolute atomic E-state index is 0.289. The highest BCUT2D eigenvalue weighted by atomic mass is 16.5. The summed E-state index contributed by atoms with van der Waals surface area (Å²) in [6, 6.07) is 5.09. The summed E-state index contributed by atoms with van der Waals surface area (Å²) in [6.45, 7) is 6.09. The van der Waals surface area contributed by atoms with Crippen molar-refractivity contribution < 1.29 is 14.3 Å². The van der Waals surface area contributed by atoms with Crippen LogP contribution in [-0.4, -0.2) is 25.0 Å². The van der Waals surface area contributed by atoms with Crippen LogP contribution < -0.4 is 11.1 Å². The summed E-state index contributed by atoms with van der Waals surface area (Å²) < 4.78 is 4.93. The van der Waals surface area contributed by atoms with E-state index < -0.39 is 5.97 Å². The van der Waals surface area contributed by atoms with Gasteiger partial charge in [0, 0.05) is 12.2 Å². The molecule has 1 aromatic carbocycles. The predicted molar refractivity (Wildman–Crippen MR) is 73.7 cm³/mol. The van der Waals surface area contributed by atoms with E-state index in [1.54, 1.807) is 12.1 Å². The van der Waals surface area contributed by atoms with Crippen LogP contribution in [0.15, 0.2) is 18.2 Å². The molecule has 5 nitrogen and oxygen atoms in total. The molecule has 104 valence electrons. The number of rotatable bonds is 5. The van der Waals surface area contributed by atoms with Gasteiger partial charge in [-0.15, -0.1) is 0 Å². The van der Waals surface area contributed by atoms with Crippen molar-refractivity contribution in [3.8, 4) is 0 Å². The Balaban J connectivity index is 2.51. The van der Waals surface area contributed by atoms with Crippen LogP contribution in [0.25, 0.3) is 0 Å². The van der Waals surface area contributed by atoms with Gasteiger partial charge in [-0.1, -0.05) is 25.5 Å². The molecule has 1 amide bonds. The summed E-state index contributed by atoms with van der Waals surface area (Å²) in [7, 11) is 0. The third-order valence-electron chi connectivity index (χ3n) is 2.47. The fourth-order valence-corrected chi connectivity index (χ4v) is 1.42. The van der Waals surface area contributed by atoms with Gasteiger partial charge in [-0.05, 0) is 25.0 Å². The van der Waals surface area contributed by atoms with E-state index in [1.807, 2.05) is 26.8 Å². The molecule has 0 aliphatic carbocycles. The Bertz CT molecular complexity index is 470. The summed E-state index contributed by atoms with van der Waals surface area (Å²) in [4.78, 5) is 23.2. The summed E-state index contributed by atoms with van der Waals surface area (Å²) in [5, 5.41) is 2.67. The molecular formula is C14H20N2O3. The Morgan fingerprint density at radius 2 is 2.05 bits per heavy atom. The van der Waals surface area contributed by atoms with Gasteiger partial charge in [0.05, 0.1) is 5.56 Å². The molecule has 1 aromatic rings. The monoisotopic (exact) mass is 264 g/mol. The lowest BCUT2D eigenvalue weighted by molar-refractivity contribution is -0.124. The molecule has 0 bridgehead atoms. The van der Waals surface area contributed by atoms with E-state index in [-0.39, 0.29) is 18.1 Å². The smallest absolute Gasteiger partial charge is 0.340 e. The number of hydrogen-bond acceptors (Lipinski definition) is 4. The second kappa shape index (κ2) is 6.78. The molecule has 1 rings (SSSR count). The van der Waals surface area contributed by atoms with Crippen LogP contribution in [0.2, 0.25) is 0 Å². The van der Waals surface area contributed by atoms with Crippen LogP contribution >= 0.6 is 0 Å². The van der Waals surface area contributed by atoms with E-state index >= 15 is 0 Å². The maximum absolute atomic E-state index is 11.8. The van der Waals surface area contributed by atoms with Crippen LogP contribution in [0.1, 0.15) is 29.8 Å². The molecule has 0 radical (unpaired) electrons. The van der Waals surface area contributed by atoms with Crippen molar-refractivity contribution >= 4 is 17.6 Å². The third-order valence-corrected chi connectivity index (χ3v) is 2.47. The number of nitrogens with two attached hydrogens (primary N) is 1. The zero-order valence-corrected chi connectivity index (χ0v) is 11.5. The van der Waals surface area contributed by atoms with E-state index in [9.17, 15) is 9.59 Å². The minimum atomic E-state index is -0.583. The van der Waals surface area contributed by atoms with Gasteiger partial charge in [-0.2, -0.15) is 0 Å². The summed E-state index contributed by atoms with van der Waals surface area (Å²) in [5.41, 5.74) is 7.24. The van der Waals surface area contributed by atoms with E-state index in [1.165, 1.54) is 0 Å². The number of hydrogen-bond donors (Lipinski definition) is 2. The molecule has 0 aliphatic heterocycles. The first-order chi connectivity index (χ1) is 8.90. The number of amides is 1. The maximum atomic E-state index is 11.8. The van der Waals surface area contributed by atoms with E-state index in [0.29, 0.717) is 18.2 Å². The SMILES string of the molecule is Cc1ccc(N)c(C(=O)OCC(=O)NCC(C)C)c1. The van der Waals surface area contributed by atoms with Crippen LogP contribution in [0.4, 0.5) is 5.69 Å². The van der Waals surface area contributed by atoms with E-state index in [2.05, 4.69) is 5.32 Å². The van der Waals surface area contributed by atoms with Gasteiger partial charge >= 0.3 is 5.97 Å². The van der Waals surface area contributed by atoms with Gasteiger partial charge < -0.3 is 15.8 Å². The molecular weight excluding hydrogens is 244 g/mol. The number of aryl methyl sites for hydroxylation is 1. The van der Waals surface area contributed by atoms with Crippen molar-refractivity contribution in [2.24, 2.45) is 5.92 Å². The van der Waals surface area contributed by atoms with E-state index in [0.717, 1.165) is 5.56 Å². The third kappa shape index (κ3) is 4.99. The van der Waals surface area contributed by atoms with E-state index in [4.69, 9.17) is 10.5 Å². The Labute approximate surface area is 113 Å².